The number of Topliss-reactive ketones (excluding diaryl/α,β-unsaturated/α-hetero) is 1. The fraction of sp³-hybridized carbons (Fsp3) is 0.692. The number of hydrogen-bond donors (Lipinski definition) is 5. The highest BCUT2D eigenvalue weighted by atomic mass is 16.6. The Kier molecular flexibility index (Phi) is 4.90. The van der Waals surface area contributed by atoms with Gasteiger partial charge in [0.2, 0.25) is 5.91 Å². The molecule has 134 valence electrons. The zero-order chi connectivity index (χ0) is 18.2. The number of carbonyl (C=O) groups excluding carboxylic acids is 3. The van der Waals surface area contributed by atoms with Crippen LogP contribution in [0, 0.1) is 5.41 Å². The first-order valence-electron chi connectivity index (χ1n) is 7.11. The Bertz CT molecular complexity index is 580. The van der Waals surface area contributed by atoms with Crippen LogP contribution in [0.4, 0.5) is 4.79 Å². The highest BCUT2D eigenvalue weighted by Crippen LogP contribution is 2.31. The monoisotopic (exact) mass is 346 g/mol. The number of carboxylic acids is 1. The molecular weight excluding hydrogens is 328 g/mol. The van der Waals surface area contributed by atoms with Crippen molar-refractivity contribution in [3.05, 3.63) is 0 Å². The number of amides is 3. The van der Waals surface area contributed by atoms with E-state index in [-0.39, 0.29) is 0 Å². The summed E-state index contributed by atoms with van der Waals surface area (Å²) in [6.45, 7) is 0.0308. The van der Waals surface area contributed by atoms with Crippen molar-refractivity contribution in [3.63, 3.8) is 0 Å². The van der Waals surface area contributed by atoms with Crippen molar-refractivity contribution in [2.45, 2.75) is 37.9 Å². The maximum Gasteiger partial charge on any atom is 0.326 e. The van der Waals surface area contributed by atoms with E-state index in [1.54, 1.807) is 0 Å². The van der Waals surface area contributed by atoms with Gasteiger partial charge in [0.25, 0.3) is 0 Å². The van der Waals surface area contributed by atoms with E-state index in [0.29, 0.717) is 0 Å². The third-order valence-corrected chi connectivity index (χ3v) is 4.22. The molecule has 0 aromatic carbocycles. The third-order valence-electron chi connectivity index (χ3n) is 4.22. The topological polar surface area (TPSA) is 174 Å². The molecule has 2 aliphatic rings. The lowest BCUT2D eigenvalue weighted by Crippen LogP contribution is -2.65. The molecule has 2 heterocycles. The van der Waals surface area contributed by atoms with Crippen LogP contribution in [0.25, 0.3) is 0 Å². The molecule has 5 atom stereocenters. The number of aliphatic hydroxyl groups excluding tert-OH is 3. The molecule has 0 radical (unpaired) electrons. The molecule has 2 saturated heterocycles. The molecular formula is C13H18N2O9. The summed E-state index contributed by atoms with van der Waals surface area (Å²) in [5.74, 6) is -3.30. The van der Waals surface area contributed by atoms with Crippen LogP contribution in [0.1, 0.15) is 13.3 Å². The summed E-state index contributed by atoms with van der Waals surface area (Å²) in [6.07, 6.45) is -6.49. The van der Waals surface area contributed by atoms with E-state index in [9.17, 15) is 29.4 Å². The zero-order valence-electron chi connectivity index (χ0n) is 12.7. The molecule has 0 aromatic heterocycles. The number of rotatable bonds is 5. The Morgan fingerprint density at radius 3 is 2.46 bits per heavy atom. The predicted molar refractivity (Wildman–Crippen MR) is 73.4 cm³/mol. The molecule has 0 aromatic rings. The van der Waals surface area contributed by atoms with Crippen molar-refractivity contribution < 1.29 is 44.3 Å². The van der Waals surface area contributed by atoms with Crippen molar-refractivity contribution in [1.82, 2.24) is 10.2 Å². The lowest BCUT2D eigenvalue weighted by atomic mass is 9.81. The summed E-state index contributed by atoms with van der Waals surface area (Å²) < 4.78 is 5.21. The highest BCUT2D eigenvalue weighted by Gasteiger charge is 2.54. The first kappa shape index (κ1) is 18.3. The zero-order valence-corrected chi connectivity index (χ0v) is 12.7. The molecule has 5 N–H and O–H groups in total. The van der Waals surface area contributed by atoms with Gasteiger partial charge in [-0.25, -0.2) is 4.79 Å². The molecule has 0 aliphatic carbocycles. The smallest absolute Gasteiger partial charge is 0.326 e. The molecule has 3 amide bonds. The Morgan fingerprint density at radius 1 is 1.33 bits per heavy atom. The summed E-state index contributed by atoms with van der Waals surface area (Å²) in [5.41, 5.74) is -1.85. The summed E-state index contributed by atoms with van der Waals surface area (Å²) in [7, 11) is 0. The van der Waals surface area contributed by atoms with Gasteiger partial charge in [0.1, 0.15) is 30.1 Å². The minimum absolute atomic E-state index is 0.531. The average Bonchev–Trinajstić information content (AvgIpc) is 2.78. The van der Waals surface area contributed by atoms with Gasteiger partial charge in [-0.2, -0.15) is 0 Å². The van der Waals surface area contributed by atoms with E-state index in [4.69, 9.17) is 14.9 Å². The molecule has 0 saturated carbocycles. The van der Waals surface area contributed by atoms with Gasteiger partial charge in [-0.15, -0.1) is 0 Å². The fourth-order valence-electron chi connectivity index (χ4n) is 2.68. The largest absolute Gasteiger partial charge is 0.481 e. The standard InChI is InChI=1S/C13H18N2O9/c1-13(6(17)2-7(18)19)4-15(12(23)14-11(13)22)10-9(21)8(20)5(3-16)24-10/h5,8-10,16,20-21H,2-4H2,1H3,(H,18,19)(H,14,22,23)/t5-,8-,9-,10-,13?/m1/s1. The van der Waals surface area contributed by atoms with Gasteiger partial charge in [0, 0.05) is 6.54 Å². The molecule has 2 fully saturated rings. The number of nitrogens with zero attached hydrogens (tertiary/aromatic N) is 1. The average molecular weight is 346 g/mol. The number of urea groups is 1. The van der Waals surface area contributed by atoms with E-state index >= 15 is 0 Å². The maximum absolute atomic E-state index is 12.1. The summed E-state index contributed by atoms with van der Waals surface area (Å²) in [5, 5.41) is 39.5. The summed E-state index contributed by atoms with van der Waals surface area (Å²) in [4.78, 5) is 47.7. The van der Waals surface area contributed by atoms with Gasteiger partial charge < -0.3 is 25.2 Å². The lowest BCUT2D eigenvalue weighted by Gasteiger charge is -2.40. The minimum atomic E-state index is -1.85. The lowest BCUT2D eigenvalue weighted by molar-refractivity contribution is -0.152. The number of imide groups is 1. The van der Waals surface area contributed by atoms with Gasteiger partial charge in [0.05, 0.1) is 6.61 Å². The molecule has 11 heteroatoms. The van der Waals surface area contributed by atoms with Gasteiger partial charge in [-0.1, -0.05) is 0 Å². The summed E-state index contributed by atoms with van der Waals surface area (Å²) in [6, 6.07) is -0.963. The van der Waals surface area contributed by atoms with Gasteiger partial charge in [0.15, 0.2) is 12.0 Å². The van der Waals surface area contributed by atoms with Crippen molar-refractivity contribution in [1.29, 1.82) is 0 Å². The Morgan fingerprint density at radius 2 is 1.96 bits per heavy atom. The van der Waals surface area contributed by atoms with Gasteiger partial charge in [-0.3, -0.25) is 24.6 Å². The minimum Gasteiger partial charge on any atom is -0.481 e. The van der Waals surface area contributed by atoms with Crippen LogP contribution >= 0.6 is 0 Å². The number of carboxylic acid groups (broad SMARTS) is 1. The van der Waals surface area contributed by atoms with E-state index in [0.717, 1.165) is 4.90 Å². The number of ether oxygens (including phenoxy) is 1. The second kappa shape index (κ2) is 6.43. The molecule has 2 rings (SSSR count). The predicted octanol–water partition coefficient (Wildman–Crippen LogP) is -2.97. The molecule has 1 unspecified atom stereocenters. The van der Waals surface area contributed by atoms with E-state index in [1.807, 2.05) is 5.32 Å². The first-order valence-corrected chi connectivity index (χ1v) is 7.11. The number of aliphatic carboxylic acids is 1. The number of ketones is 1. The number of carbonyl (C=O) groups is 4. The van der Waals surface area contributed by atoms with E-state index in [1.165, 1.54) is 6.92 Å². The normalized spacial score (nSPS) is 36.6. The highest BCUT2D eigenvalue weighted by molar-refractivity contribution is 6.15. The van der Waals surface area contributed by atoms with Gasteiger partial charge >= 0.3 is 12.0 Å². The summed E-state index contributed by atoms with van der Waals surface area (Å²) >= 11 is 0. The van der Waals surface area contributed by atoms with Crippen LogP contribution in [-0.2, 0) is 19.1 Å². The fourth-order valence-corrected chi connectivity index (χ4v) is 2.68. The molecule has 2 aliphatic heterocycles. The Labute approximate surface area is 135 Å². The molecule has 0 bridgehead atoms. The van der Waals surface area contributed by atoms with Crippen molar-refractivity contribution in [2.75, 3.05) is 13.2 Å². The first-order chi connectivity index (χ1) is 11.1. The Hall–Kier alpha value is -2.08. The number of aliphatic hydroxyl groups is 3. The van der Waals surface area contributed by atoms with Crippen molar-refractivity contribution >= 4 is 23.7 Å². The van der Waals surface area contributed by atoms with Crippen LogP contribution in [0.5, 0.6) is 0 Å². The van der Waals surface area contributed by atoms with Crippen LogP contribution in [0.15, 0.2) is 0 Å². The second-order valence-corrected chi connectivity index (χ2v) is 5.94. The molecule has 11 nitrogen and oxygen atoms in total. The van der Waals surface area contributed by atoms with Crippen LogP contribution in [0.2, 0.25) is 0 Å². The van der Waals surface area contributed by atoms with Crippen LogP contribution < -0.4 is 5.32 Å². The van der Waals surface area contributed by atoms with Gasteiger partial charge in [-0.05, 0) is 6.92 Å². The quantitative estimate of drug-likeness (QED) is 0.325. The SMILES string of the molecule is CC1(C(=O)CC(=O)O)CN([C@@H]2O[C@H](CO)[C@@H](O)[C@H]2O)C(=O)NC1=O. The molecule has 24 heavy (non-hydrogen) atoms. The van der Waals surface area contributed by atoms with Crippen molar-refractivity contribution in [2.24, 2.45) is 5.41 Å². The van der Waals surface area contributed by atoms with E-state index in [2.05, 4.69) is 0 Å². The maximum atomic E-state index is 12.1. The van der Waals surface area contributed by atoms with Crippen LogP contribution in [0.3, 0.4) is 0 Å². The van der Waals surface area contributed by atoms with Crippen LogP contribution in [-0.4, -0.2) is 86.7 Å². The van der Waals surface area contributed by atoms with Crippen molar-refractivity contribution in [3.8, 4) is 0 Å². The Balaban J connectivity index is 2.25. The van der Waals surface area contributed by atoms with E-state index < -0.39 is 73.2 Å². The second-order valence-electron chi connectivity index (χ2n) is 5.94. The third kappa shape index (κ3) is 2.98. The molecule has 0 spiro atoms. The number of hydrogen-bond acceptors (Lipinski definition) is 8. The number of nitrogens with one attached hydrogen (secondary N) is 1.